The van der Waals surface area contributed by atoms with Gasteiger partial charge in [-0.15, -0.1) is 0 Å². The number of nitrogens with zero attached hydrogens (tertiary/aromatic N) is 2. The zero-order valence-electron chi connectivity index (χ0n) is 9.16. The maximum Gasteiger partial charge on any atom is 0.276 e. The lowest BCUT2D eigenvalue weighted by atomic mass is 10.1. The molecule has 3 heterocycles. The molecule has 0 bridgehead atoms. The highest BCUT2D eigenvalue weighted by atomic mass is 16.5. The molecule has 1 N–H and O–H groups in total. The zero-order valence-corrected chi connectivity index (χ0v) is 9.16. The van der Waals surface area contributed by atoms with Gasteiger partial charge in [0.15, 0.2) is 5.69 Å². The molecule has 1 amide bonds. The van der Waals surface area contributed by atoms with Gasteiger partial charge in [0.05, 0.1) is 0 Å². The molecule has 1 fully saturated rings. The third-order valence-electron chi connectivity index (χ3n) is 3.30. The molecule has 0 aromatic carbocycles. The second-order valence-electron chi connectivity index (χ2n) is 4.36. The van der Waals surface area contributed by atoms with Crippen LogP contribution in [0.5, 0.6) is 0 Å². The standard InChI is InChI=1S/C11H15N3O2/c15-11(14-5-1-2-6-14)10-8-7-12-4-3-9(8)16-13-10/h12H,1-7H2. The number of nitrogens with one attached hydrogen (secondary N) is 1. The van der Waals surface area contributed by atoms with E-state index in [0.29, 0.717) is 12.2 Å². The van der Waals surface area contributed by atoms with E-state index in [2.05, 4.69) is 10.5 Å². The van der Waals surface area contributed by atoms with Crippen LogP contribution < -0.4 is 5.32 Å². The van der Waals surface area contributed by atoms with Gasteiger partial charge in [-0.25, -0.2) is 0 Å². The molecule has 2 aliphatic heterocycles. The van der Waals surface area contributed by atoms with Crippen LogP contribution in [-0.2, 0) is 13.0 Å². The van der Waals surface area contributed by atoms with Gasteiger partial charge >= 0.3 is 0 Å². The lowest BCUT2D eigenvalue weighted by molar-refractivity contribution is 0.0781. The van der Waals surface area contributed by atoms with E-state index >= 15 is 0 Å². The van der Waals surface area contributed by atoms with Crippen molar-refractivity contribution < 1.29 is 9.32 Å². The van der Waals surface area contributed by atoms with E-state index in [1.165, 1.54) is 0 Å². The molecule has 16 heavy (non-hydrogen) atoms. The number of amides is 1. The van der Waals surface area contributed by atoms with Gasteiger partial charge in [-0.2, -0.15) is 0 Å². The molecule has 2 aliphatic rings. The largest absolute Gasteiger partial charge is 0.360 e. The Morgan fingerprint density at radius 3 is 3.00 bits per heavy atom. The maximum atomic E-state index is 12.2. The van der Waals surface area contributed by atoms with E-state index in [0.717, 1.165) is 50.2 Å². The van der Waals surface area contributed by atoms with Crippen molar-refractivity contribution >= 4 is 5.91 Å². The number of rotatable bonds is 1. The van der Waals surface area contributed by atoms with Crippen LogP contribution >= 0.6 is 0 Å². The van der Waals surface area contributed by atoms with Gasteiger partial charge in [0.1, 0.15) is 5.76 Å². The highest BCUT2D eigenvalue weighted by molar-refractivity contribution is 5.94. The van der Waals surface area contributed by atoms with E-state index in [1.807, 2.05) is 4.90 Å². The number of aromatic nitrogens is 1. The Labute approximate surface area is 93.8 Å². The number of hydrogen-bond donors (Lipinski definition) is 1. The number of hydrogen-bond acceptors (Lipinski definition) is 4. The Hall–Kier alpha value is -1.36. The zero-order chi connectivity index (χ0) is 11.0. The minimum absolute atomic E-state index is 0.0335. The van der Waals surface area contributed by atoms with Gasteiger partial charge < -0.3 is 14.7 Å². The summed E-state index contributed by atoms with van der Waals surface area (Å²) >= 11 is 0. The molecule has 0 aliphatic carbocycles. The van der Waals surface area contributed by atoms with Crippen LogP contribution in [0.1, 0.15) is 34.7 Å². The normalized spacial score (nSPS) is 19.9. The van der Waals surface area contributed by atoms with E-state index < -0.39 is 0 Å². The highest BCUT2D eigenvalue weighted by Gasteiger charge is 2.28. The van der Waals surface area contributed by atoms with E-state index in [-0.39, 0.29) is 5.91 Å². The fourth-order valence-corrected chi connectivity index (χ4v) is 2.38. The molecule has 5 heteroatoms. The molecule has 0 spiro atoms. The quantitative estimate of drug-likeness (QED) is 0.752. The molecular formula is C11H15N3O2. The predicted octanol–water partition coefficient (Wildman–Crippen LogP) is 0.556. The molecule has 0 unspecified atom stereocenters. The summed E-state index contributed by atoms with van der Waals surface area (Å²) in [4.78, 5) is 14.0. The molecule has 1 saturated heterocycles. The molecule has 5 nitrogen and oxygen atoms in total. The van der Waals surface area contributed by atoms with Crippen molar-refractivity contribution in [1.82, 2.24) is 15.4 Å². The van der Waals surface area contributed by atoms with Crippen LogP contribution in [0.2, 0.25) is 0 Å². The molecule has 0 radical (unpaired) electrons. The predicted molar refractivity (Wildman–Crippen MR) is 57.1 cm³/mol. The van der Waals surface area contributed by atoms with Crippen LogP contribution in [-0.4, -0.2) is 35.6 Å². The van der Waals surface area contributed by atoms with E-state index in [9.17, 15) is 4.79 Å². The van der Waals surface area contributed by atoms with Gasteiger partial charge in [-0.1, -0.05) is 5.16 Å². The topological polar surface area (TPSA) is 58.4 Å². The fraction of sp³-hybridized carbons (Fsp3) is 0.636. The minimum atomic E-state index is 0.0335. The van der Waals surface area contributed by atoms with Crippen molar-refractivity contribution in [1.29, 1.82) is 0 Å². The monoisotopic (exact) mass is 221 g/mol. The molecule has 1 aromatic rings. The second kappa shape index (κ2) is 3.90. The SMILES string of the molecule is O=C(c1noc2c1CNCC2)N1CCCC1. The summed E-state index contributed by atoms with van der Waals surface area (Å²) in [5, 5.41) is 7.18. The highest BCUT2D eigenvalue weighted by Crippen LogP contribution is 2.21. The molecule has 86 valence electrons. The van der Waals surface area contributed by atoms with Gasteiger partial charge in [0.25, 0.3) is 5.91 Å². The molecule has 0 saturated carbocycles. The third kappa shape index (κ3) is 1.51. The third-order valence-corrected chi connectivity index (χ3v) is 3.30. The van der Waals surface area contributed by atoms with Crippen LogP contribution in [0.15, 0.2) is 4.52 Å². The number of fused-ring (bicyclic) bond motifs is 1. The van der Waals surface area contributed by atoms with Gasteiger partial charge in [0, 0.05) is 38.2 Å². The molecule has 3 rings (SSSR count). The first-order valence-corrected chi connectivity index (χ1v) is 5.83. The summed E-state index contributed by atoms with van der Waals surface area (Å²) < 4.78 is 5.23. The summed E-state index contributed by atoms with van der Waals surface area (Å²) in [5.74, 6) is 0.910. The molecule has 1 aromatic heterocycles. The first-order chi connectivity index (χ1) is 7.86. The van der Waals surface area contributed by atoms with Crippen LogP contribution in [0.25, 0.3) is 0 Å². The Morgan fingerprint density at radius 1 is 1.38 bits per heavy atom. The average molecular weight is 221 g/mol. The van der Waals surface area contributed by atoms with E-state index in [1.54, 1.807) is 0 Å². The van der Waals surface area contributed by atoms with Crippen molar-refractivity contribution in [2.45, 2.75) is 25.8 Å². The summed E-state index contributed by atoms with van der Waals surface area (Å²) in [6, 6.07) is 0. The summed E-state index contributed by atoms with van der Waals surface area (Å²) in [6.07, 6.45) is 3.03. The lowest BCUT2D eigenvalue weighted by Gasteiger charge is -2.15. The Balaban J connectivity index is 1.88. The van der Waals surface area contributed by atoms with Gasteiger partial charge in [0.2, 0.25) is 0 Å². The molecule has 0 atom stereocenters. The van der Waals surface area contributed by atoms with Crippen molar-refractivity contribution in [2.75, 3.05) is 19.6 Å². The first-order valence-electron chi connectivity index (χ1n) is 5.83. The van der Waals surface area contributed by atoms with Crippen molar-refractivity contribution in [3.05, 3.63) is 17.0 Å². The van der Waals surface area contributed by atoms with Crippen molar-refractivity contribution in [2.24, 2.45) is 0 Å². The summed E-state index contributed by atoms with van der Waals surface area (Å²) in [5.41, 5.74) is 1.48. The van der Waals surface area contributed by atoms with Crippen LogP contribution in [0.3, 0.4) is 0 Å². The van der Waals surface area contributed by atoms with E-state index in [4.69, 9.17) is 4.52 Å². The average Bonchev–Trinajstić information content (AvgIpc) is 2.98. The minimum Gasteiger partial charge on any atom is -0.360 e. The first kappa shape index (κ1) is 9.84. The molecular weight excluding hydrogens is 206 g/mol. The van der Waals surface area contributed by atoms with Gasteiger partial charge in [-0.05, 0) is 12.8 Å². The van der Waals surface area contributed by atoms with Crippen LogP contribution in [0, 0.1) is 0 Å². The Bertz CT molecular complexity index is 407. The van der Waals surface area contributed by atoms with Crippen LogP contribution in [0.4, 0.5) is 0 Å². The van der Waals surface area contributed by atoms with Crippen molar-refractivity contribution in [3.8, 4) is 0 Å². The van der Waals surface area contributed by atoms with Crippen molar-refractivity contribution in [3.63, 3.8) is 0 Å². The summed E-state index contributed by atoms with van der Waals surface area (Å²) in [6.45, 7) is 3.31. The van der Waals surface area contributed by atoms with Gasteiger partial charge in [-0.3, -0.25) is 4.79 Å². The summed E-state index contributed by atoms with van der Waals surface area (Å²) in [7, 11) is 0. The lowest BCUT2D eigenvalue weighted by Crippen LogP contribution is -2.30. The smallest absolute Gasteiger partial charge is 0.276 e. The second-order valence-corrected chi connectivity index (χ2v) is 4.36. The number of carbonyl (C=O) groups is 1. The Morgan fingerprint density at radius 2 is 2.19 bits per heavy atom. The maximum absolute atomic E-state index is 12.2. The fourth-order valence-electron chi connectivity index (χ4n) is 2.38. The number of carbonyl (C=O) groups excluding carboxylic acids is 1. The number of likely N-dealkylation sites (tertiary alicyclic amines) is 1. The Kier molecular flexibility index (Phi) is 2.40.